The van der Waals surface area contributed by atoms with Gasteiger partial charge in [-0.1, -0.05) is 41.4 Å². The lowest BCUT2D eigenvalue weighted by atomic mass is 9.91. The highest BCUT2D eigenvalue weighted by Gasteiger charge is 2.42. The lowest BCUT2D eigenvalue weighted by molar-refractivity contribution is -0.140. The zero-order valence-electron chi connectivity index (χ0n) is 24.4. The van der Waals surface area contributed by atoms with Crippen molar-refractivity contribution in [3.63, 3.8) is 0 Å². The first-order valence-corrected chi connectivity index (χ1v) is 17.3. The van der Waals surface area contributed by atoms with Crippen LogP contribution in [-0.2, 0) is 44.0 Å². The van der Waals surface area contributed by atoms with Crippen molar-refractivity contribution in [2.45, 2.75) is 70.0 Å². The molecule has 2 saturated heterocycles. The fraction of sp³-hybridized carbons (Fsp3) is 0.533. The number of hydrogen-bond donors (Lipinski definition) is 4. The number of rotatable bonds is 13. The SMILES string of the molecule is CS(=O)(=O)N[C@H](CCC1CCNCC1)C(=O)N1C[C@H](OCc2ccc(Cl)cc2)C[C@H]1C(=O)NCc1cc(Cl)ccc1CN. The van der Waals surface area contributed by atoms with E-state index in [1.165, 1.54) is 4.90 Å². The number of carbonyl (C=O) groups excluding carboxylic acids is 2. The number of halogens is 2. The van der Waals surface area contributed by atoms with E-state index in [9.17, 15) is 18.0 Å². The van der Waals surface area contributed by atoms with Crippen molar-refractivity contribution in [2.24, 2.45) is 11.7 Å². The fourth-order valence-corrected chi connectivity index (χ4v) is 6.78. The quantitative estimate of drug-likeness (QED) is 0.260. The van der Waals surface area contributed by atoms with E-state index in [4.69, 9.17) is 33.7 Å². The molecule has 0 aromatic heterocycles. The summed E-state index contributed by atoms with van der Waals surface area (Å²) in [6.07, 6.45) is 3.89. The first kappa shape index (κ1) is 33.6. The third kappa shape index (κ3) is 10.1. The van der Waals surface area contributed by atoms with Crippen molar-refractivity contribution in [3.8, 4) is 0 Å². The molecule has 0 unspecified atom stereocenters. The van der Waals surface area contributed by atoms with Crippen LogP contribution in [-0.4, -0.2) is 69.2 Å². The van der Waals surface area contributed by atoms with E-state index in [1.807, 2.05) is 18.2 Å². The Morgan fingerprint density at radius 3 is 2.47 bits per heavy atom. The Kier molecular flexibility index (Phi) is 12.2. The van der Waals surface area contributed by atoms with Gasteiger partial charge in [0.2, 0.25) is 21.8 Å². The molecule has 2 amide bonds. The van der Waals surface area contributed by atoms with Gasteiger partial charge in [-0.2, -0.15) is 0 Å². The van der Waals surface area contributed by atoms with Crippen molar-refractivity contribution in [3.05, 3.63) is 69.2 Å². The van der Waals surface area contributed by atoms with Gasteiger partial charge in [0.15, 0.2) is 0 Å². The molecule has 2 aliphatic heterocycles. The van der Waals surface area contributed by atoms with Gasteiger partial charge in [-0.05, 0) is 85.6 Å². The Morgan fingerprint density at radius 2 is 1.79 bits per heavy atom. The molecule has 2 aromatic carbocycles. The second-order valence-electron chi connectivity index (χ2n) is 11.3. The van der Waals surface area contributed by atoms with Crippen molar-refractivity contribution >= 4 is 45.0 Å². The van der Waals surface area contributed by atoms with Gasteiger partial charge in [0.05, 0.1) is 19.0 Å². The molecule has 13 heteroatoms. The maximum atomic E-state index is 14.0. The number of carbonyl (C=O) groups is 2. The van der Waals surface area contributed by atoms with Crippen LogP contribution in [0.3, 0.4) is 0 Å². The van der Waals surface area contributed by atoms with Crippen molar-refractivity contribution in [1.29, 1.82) is 0 Å². The normalized spacial score (nSPS) is 20.2. The molecule has 2 aliphatic rings. The Hall–Kier alpha value is -2.25. The van der Waals surface area contributed by atoms with Crippen LogP contribution in [0.5, 0.6) is 0 Å². The highest BCUT2D eigenvalue weighted by Crippen LogP contribution is 2.26. The molecule has 4 rings (SSSR count). The van der Waals surface area contributed by atoms with E-state index in [0.717, 1.165) is 48.9 Å². The summed E-state index contributed by atoms with van der Waals surface area (Å²) in [6, 6.07) is 10.8. The first-order chi connectivity index (χ1) is 20.5. The minimum atomic E-state index is -3.69. The van der Waals surface area contributed by atoms with Crippen LogP contribution in [0.4, 0.5) is 0 Å². The second kappa shape index (κ2) is 15.7. The molecular weight excluding hydrogens is 613 g/mol. The van der Waals surface area contributed by atoms with Gasteiger partial charge in [0.1, 0.15) is 12.1 Å². The van der Waals surface area contributed by atoms with Crippen LogP contribution >= 0.6 is 23.2 Å². The minimum Gasteiger partial charge on any atom is -0.372 e. The summed E-state index contributed by atoms with van der Waals surface area (Å²) < 4.78 is 33.3. The summed E-state index contributed by atoms with van der Waals surface area (Å²) in [4.78, 5) is 29.1. The Bertz CT molecular complexity index is 1360. The van der Waals surface area contributed by atoms with E-state index < -0.39 is 34.1 Å². The van der Waals surface area contributed by atoms with Crippen molar-refractivity contribution < 1.29 is 22.7 Å². The van der Waals surface area contributed by atoms with Crippen molar-refractivity contribution in [1.82, 2.24) is 20.3 Å². The molecule has 0 bridgehead atoms. The summed E-state index contributed by atoms with van der Waals surface area (Å²) in [6.45, 7) is 2.71. The molecule has 2 fully saturated rings. The van der Waals surface area contributed by atoms with E-state index in [-0.39, 0.29) is 38.6 Å². The summed E-state index contributed by atoms with van der Waals surface area (Å²) in [7, 11) is -3.69. The number of hydrogen-bond acceptors (Lipinski definition) is 7. The standard InChI is InChI=1S/C30H41Cl2N5O5S/c1-43(40,41)36-27(9-4-20-10-12-34-13-11-20)30(39)37-18-26(42-19-21-2-6-24(31)7-3-21)15-28(37)29(38)35-17-23-14-25(32)8-5-22(23)16-33/h2-3,5-8,14,20,26-28,34,36H,4,9-13,15-19,33H2,1H3,(H,35,38)/t26-,27-,28+/m1/s1. The molecule has 0 saturated carbocycles. The van der Waals surface area contributed by atoms with Gasteiger partial charge in [-0.3, -0.25) is 9.59 Å². The highest BCUT2D eigenvalue weighted by atomic mass is 35.5. The molecule has 236 valence electrons. The molecule has 10 nitrogen and oxygen atoms in total. The molecule has 3 atom stereocenters. The predicted molar refractivity (Wildman–Crippen MR) is 168 cm³/mol. The zero-order chi connectivity index (χ0) is 31.0. The van der Waals surface area contributed by atoms with Gasteiger partial charge in [-0.25, -0.2) is 13.1 Å². The average molecular weight is 655 g/mol. The Labute approximate surface area is 264 Å². The Balaban J connectivity index is 1.50. The van der Waals surface area contributed by atoms with Crippen LogP contribution in [0.25, 0.3) is 0 Å². The van der Waals surface area contributed by atoms with E-state index in [0.29, 0.717) is 28.8 Å². The van der Waals surface area contributed by atoms with Crippen LogP contribution in [0, 0.1) is 5.92 Å². The van der Waals surface area contributed by atoms with Crippen molar-refractivity contribution in [2.75, 3.05) is 25.9 Å². The Morgan fingerprint density at radius 1 is 1.09 bits per heavy atom. The lowest BCUT2D eigenvalue weighted by Gasteiger charge is -2.30. The summed E-state index contributed by atoms with van der Waals surface area (Å²) in [5.74, 6) is -0.381. The average Bonchev–Trinajstić information content (AvgIpc) is 3.42. The number of piperidine rings is 1. The third-order valence-corrected chi connectivity index (χ3v) is 9.27. The summed E-state index contributed by atoms with van der Waals surface area (Å²) in [5.41, 5.74) is 8.42. The molecule has 2 aromatic rings. The predicted octanol–water partition coefficient (Wildman–Crippen LogP) is 2.95. The van der Waals surface area contributed by atoms with E-state index in [1.54, 1.807) is 24.3 Å². The number of amides is 2. The van der Waals surface area contributed by atoms with Gasteiger partial charge in [-0.15, -0.1) is 0 Å². The smallest absolute Gasteiger partial charge is 0.243 e. The number of benzene rings is 2. The molecule has 43 heavy (non-hydrogen) atoms. The van der Waals surface area contributed by atoms with Crippen LogP contribution in [0.2, 0.25) is 10.0 Å². The molecule has 0 aliphatic carbocycles. The second-order valence-corrected chi connectivity index (χ2v) is 14.0. The van der Waals surface area contributed by atoms with Gasteiger partial charge in [0.25, 0.3) is 0 Å². The number of ether oxygens (including phenoxy) is 1. The molecule has 2 heterocycles. The first-order valence-electron chi connectivity index (χ1n) is 14.6. The van der Waals surface area contributed by atoms with Crippen LogP contribution < -0.4 is 21.1 Å². The number of nitrogens with one attached hydrogen (secondary N) is 3. The fourth-order valence-electron chi connectivity index (χ4n) is 5.73. The molecular formula is C30H41Cl2N5O5S. The van der Waals surface area contributed by atoms with Gasteiger partial charge in [0, 0.05) is 36.1 Å². The van der Waals surface area contributed by atoms with Gasteiger partial charge < -0.3 is 26.0 Å². The summed E-state index contributed by atoms with van der Waals surface area (Å²) >= 11 is 12.2. The number of nitrogens with two attached hydrogens (primary N) is 1. The lowest BCUT2D eigenvalue weighted by Crippen LogP contribution is -2.53. The molecule has 5 N–H and O–H groups in total. The van der Waals surface area contributed by atoms with E-state index >= 15 is 0 Å². The highest BCUT2D eigenvalue weighted by molar-refractivity contribution is 7.88. The maximum absolute atomic E-state index is 14.0. The third-order valence-electron chi connectivity index (χ3n) is 8.07. The van der Waals surface area contributed by atoms with E-state index in [2.05, 4.69) is 15.4 Å². The summed E-state index contributed by atoms with van der Waals surface area (Å²) in [5, 5.41) is 7.40. The number of likely N-dealkylation sites (tertiary alicyclic amines) is 1. The molecule has 0 spiro atoms. The maximum Gasteiger partial charge on any atom is 0.243 e. The zero-order valence-corrected chi connectivity index (χ0v) is 26.7. The minimum absolute atomic E-state index is 0.158. The van der Waals surface area contributed by atoms with Gasteiger partial charge >= 0.3 is 0 Å². The topological polar surface area (TPSA) is 143 Å². The van der Waals surface area contributed by atoms with Crippen LogP contribution in [0.1, 0.15) is 48.8 Å². The van der Waals surface area contributed by atoms with Crippen LogP contribution in [0.15, 0.2) is 42.5 Å². The number of nitrogens with zero attached hydrogens (tertiary/aromatic N) is 1. The molecule has 0 radical (unpaired) electrons. The monoisotopic (exact) mass is 653 g/mol. The largest absolute Gasteiger partial charge is 0.372 e. The number of sulfonamides is 1.